The zero-order valence-corrected chi connectivity index (χ0v) is 12.4. The maximum Gasteiger partial charge on any atom is 0.279 e. The van der Waals surface area contributed by atoms with Crippen molar-refractivity contribution in [1.29, 1.82) is 0 Å². The summed E-state index contributed by atoms with van der Waals surface area (Å²) in [5, 5.41) is 22.2. The first-order valence-corrected chi connectivity index (χ1v) is 7.00. The summed E-state index contributed by atoms with van der Waals surface area (Å²) in [5.74, 6) is -0.493. The lowest BCUT2D eigenvalue weighted by atomic mass is 9.98. The van der Waals surface area contributed by atoms with E-state index in [0.717, 1.165) is 0 Å². The van der Waals surface area contributed by atoms with Crippen molar-refractivity contribution in [2.24, 2.45) is 0 Å². The Hall–Kier alpha value is -2.03. The van der Waals surface area contributed by atoms with Crippen LogP contribution in [0.3, 0.4) is 0 Å². The van der Waals surface area contributed by atoms with Gasteiger partial charge in [0.1, 0.15) is 0 Å². The summed E-state index contributed by atoms with van der Waals surface area (Å²) in [5.41, 5.74) is -0.613. The standard InChI is InChI=1S/C14H17N3O5/c1-9-7-10(17(20)21)8-11-12(9)15(2)13(18)14(11,19)16-3-5-22-6-4-16/h7-8,19H,3-6H2,1-2H3/t14-/m1/s1. The van der Waals surface area contributed by atoms with Gasteiger partial charge >= 0.3 is 0 Å². The predicted octanol–water partition coefficient (Wildman–Crippen LogP) is 0.357. The predicted molar refractivity (Wildman–Crippen MR) is 77.5 cm³/mol. The summed E-state index contributed by atoms with van der Waals surface area (Å²) < 4.78 is 5.25. The van der Waals surface area contributed by atoms with Crippen LogP contribution >= 0.6 is 0 Å². The highest BCUT2D eigenvalue weighted by Gasteiger charge is 2.54. The van der Waals surface area contributed by atoms with Crippen molar-refractivity contribution in [2.45, 2.75) is 12.6 Å². The molecule has 8 heteroatoms. The van der Waals surface area contributed by atoms with Crippen LogP contribution in [0.25, 0.3) is 0 Å². The zero-order valence-electron chi connectivity index (χ0n) is 12.4. The molecule has 1 aromatic carbocycles. The van der Waals surface area contributed by atoms with E-state index in [1.54, 1.807) is 18.9 Å². The van der Waals surface area contributed by atoms with E-state index in [4.69, 9.17) is 4.74 Å². The van der Waals surface area contributed by atoms with Gasteiger partial charge in [-0.05, 0) is 12.5 Å². The molecule has 0 unspecified atom stereocenters. The minimum atomic E-state index is -1.87. The van der Waals surface area contributed by atoms with Gasteiger partial charge in [0, 0.05) is 37.8 Å². The number of nitro groups is 1. The molecule has 0 spiro atoms. The second-order valence-corrected chi connectivity index (χ2v) is 5.55. The monoisotopic (exact) mass is 307 g/mol. The number of morpholine rings is 1. The number of fused-ring (bicyclic) bond motifs is 1. The molecule has 2 aliphatic rings. The highest BCUT2D eigenvalue weighted by molar-refractivity contribution is 6.07. The molecule has 1 saturated heterocycles. The average molecular weight is 307 g/mol. The van der Waals surface area contributed by atoms with Crippen molar-refractivity contribution < 1.29 is 19.6 Å². The van der Waals surface area contributed by atoms with E-state index in [1.807, 2.05) is 0 Å². The zero-order chi connectivity index (χ0) is 16.1. The Kier molecular flexibility index (Phi) is 3.39. The van der Waals surface area contributed by atoms with Crippen molar-refractivity contribution in [3.8, 4) is 0 Å². The number of nitrogens with zero attached hydrogens (tertiary/aromatic N) is 3. The first-order valence-electron chi connectivity index (χ1n) is 7.00. The fourth-order valence-electron chi connectivity index (χ4n) is 3.22. The number of carbonyl (C=O) groups is 1. The van der Waals surface area contributed by atoms with Crippen molar-refractivity contribution in [3.63, 3.8) is 0 Å². The van der Waals surface area contributed by atoms with Crippen LogP contribution in [0.1, 0.15) is 11.1 Å². The van der Waals surface area contributed by atoms with Crippen LogP contribution in [0, 0.1) is 17.0 Å². The molecule has 2 heterocycles. The summed E-state index contributed by atoms with van der Waals surface area (Å²) in [4.78, 5) is 26.2. The number of benzene rings is 1. The Balaban J connectivity index is 2.18. The van der Waals surface area contributed by atoms with Crippen LogP contribution in [-0.2, 0) is 15.3 Å². The van der Waals surface area contributed by atoms with Gasteiger partial charge in [0.05, 0.1) is 23.8 Å². The van der Waals surface area contributed by atoms with Gasteiger partial charge in [-0.15, -0.1) is 0 Å². The SMILES string of the molecule is Cc1cc([N+](=O)[O-])cc2c1N(C)C(=O)[C@@]2(O)N1CCOCC1. The molecule has 3 rings (SSSR count). The number of hydrogen-bond acceptors (Lipinski definition) is 6. The van der Waals surface area contributed by atoms with E-state index in [0.29, 0.717) is 37.6 Å². The number of hydrogen-bond donors (Lipinski definition) is 1. The first kappa shape index (κ1) is 14.9. The number of aliphatic hydroxyl groups is 1. The number of ether oxygens (including phenoxy) is 1. The number of nitro benzene ring substituents is 1. The van der Waals surface area contributed by atoms with Gasteiger partial charge in [-0.2, -0.15) is 0 Å². The van der Waals surface area contributed by atoms with Gasteiger partial charge in [0.2, 0.25) is 5.72 Å². The van der Waals surface area contributed by atoms with Crippen molar-refractivity contribution in [3.05, 3.63) is 33.4 Å². The van der Waals surface area contributed by atoms with Crippen LogP contribution in [0.2, 0.25) is 0 Å². The lowest BCUT2D eigenvalue weighted by molar-refractivity contribution is -0.385. The summed E-state index contributed by atoms with van der Waals surface area (Å²) in [6.45, 7) is 3.28. The Morgan fingerprint density at radius 2 is 2.00 bits per heavy atom. The number of non-ortho nitro benzene ring substituents is 1. The molecule has 8 nitrogen and oxygen atoms in total. The summed E-state index contributed by atoms with van der Waals surface area (Å²) >= 11 is 0. The number of carbonyl (C=O) groups excluding carboxylic acids is 1. The van der Waals surface area contributed by atoms with Gasteiger partial charge in [0.15, 0.2) is 0 Å². The molecule has 1 fully saturated rings. The molecule has 1 N–H and O–H groups in total. The minimum Gasteiger partial charge on any atom is -0.379 e. The van der Waals surface area contributed by atoms with E-state index in [1.165, 1.54) is 17.0 Å². The van der Waals surface area contributed by atoms with Crippen molar-refractivity contribution in [1.82, 2.24) is 4.90 Å². The number of aryl methyl sites for hydroxylation is 1. The summed E-state index contributed by atoms with van der Waals surface area (Å²) in [6.07, 6.45) is 0. The third-order valence-electron chi connectivity index (χ3n) is 4.28. The van der Waals surface area contributed by atoms with E-state index in [2.05, 4.69) is 0 Å². The Bertz CT molecular complexity index is 656. The molecule has 22 heavy (non-hydrogen) atoms. The molecular formula is C14H17N3O5. The highest BCUT2D eigenvalue weighted by atomic mass is 16.6. The molecule has 0 aliphatic carbocycles. The lowest BCUT2D eigenvalue weighted by Gasteiger charge is -2.37. The highest BCUT2D eigenvalue weighted by Crippen LogP contribution is 2.45. The quantitative estimate of drug-likeness (QED) is 0.626. The molecule has 118 valence electrons. The van der Waals surface area contributed by atoms with E-state index in [-0.39, 0.29) is 11.3 Å². The number of rotatable bonds is 2. The van der Waals surface area contributed by atoms with Crippen LogP contribution in [-0.4, -0.2) is 54.2 Å². The van der Waals surface area contributed by atoms with Crippen LogP contribution < -0.4 is 4.90 Å². The largest absolute Gasteiger partial charge is 0.379 e. The molecular weight excluding hydrogens is 290 g/mol. The summed E-state index contributed by atoms with van der Waals surface area (Å²) in [7, 11) is 1.57. The molecule has 0 bridgehead atoms. The smallest absolute Gasteiger partial charge is 0.279 e. The fourth-order valence-corrected chi connectivity index (χ4v) is 3.22. The molecule has 1 amide bonds. The molecule has 0 saturated carbocycles. The average Bonchev–Trinajstić information content (AvgIpc) is 2.71. The normalized spacial score (nSPS) is 25.4. The van der Waals surface area contributed by atoms with Crippen LogP contribution in [0.15, 0.2) is 12.1 Å². The van der Waals surface area contributed by atoms with Crippen molar-refractivity contribution >= 4 is 17.3 Å². The molecule has 1 aromatic rings. The number of anilines is 1. The maximum atomic E-state index is 12.6. The lowest BCUT2D eigenvalue weighted by Crippen LogP contribution is -2.56. The third-order valence-corrected chi connectivity index (χ3v) is 4.28. The Morgan fingerprint density at radius 3 is 2.59 bits per heavy atom. The molecule has 2 aliphatic heterocycles. The van der Waals surface area contributed by atoms with Gasteiger partial charge in [-0.3, -0.25) is 19.8 Å². The molecule has 0 radical (unpaired) electrons. The van der Waals surface area contributed by atoms with Crippen LogP contribution in [0.4, 0.5) is 11.4 Å². The van der Waals surface area contributed by atoms with Gasteiger partial charge in [0.25, 0.3) is 11.6 Å². The minimum absolute atomic E-state index is 0.133. The Morgan fingerprint density at radius 1 is 1.36 bits per heavy atom. The topological polar surface area (TPSA) is 96.2 Å². The Labute approximate surface area is 127 Å². The van der Waals surface area contributed by atoms with E-state index >= 15 is 0 Å². The number of likely N-dealkylation sites (N-methyl/N-ethyl adjacent to an activating group) is 1. The van der Waals surface area contributed by atoms with Gasteiger partial charge in [-0.25, -0.2) is 0 Å². The first-order chi connectivity index (χ1) is 10.4. The molecule has 0 aromatic heterocycles. The summed E-state index contributed by atoms with van der Waals surface area (Å²) in [6, 6.07) is 2.70. The second kappa shape index (κ2) is 5.01. The van der Waals surface area contributed by atoms with Crippen molar-refractivity contribution in [2.75, 3.05) is 38.3 Å². The van der Waals surface area contributed by atoms with Gasteiger partial charge in [-0.1, -0.05) is 0 Å². The van der Waals surface area contributed by atoms with E-state index in [9.17, 15) is 20.0 Å². The van der Waals surface area contributed by atoms with E-state index < -0.39 is 16.6 Å². The molecule has 1 atom stereocenters. The van der Waals surface area contributed by atoms with Gasteiger partial charge < -0.3 is 14.7 Å². The fraction of sp³-hybridized carbons (Fsp3) is 0.500. The number of amides is 1. The third kappa shape index (κ3) is 1.92. The second-order valence-electron chi connectivity index (χ2n) is 5.55. The maximum absolute atomic E-state index is 12.6. The van der Waals surface area contributed by atoms with Crippen LogP contribution in [0.5, 0.6) is 0 Å².